The van der Waals surface area contributed by atoms with E-state index >= 15 is 0 Å². The Morgan fingerprint density at radius 2 is 2.14 bits per heavy atom. The van der Waals surface area contributed by atoms with Crippen molar-refractivity contribution in [3.8, 4) is 5.69 Å². The summed E-state index contributed by atoms with van der Waals surface area (Å²) in [5.74, 6) is -0.401. The van der Waals surface area contributed by atoms with Gasteiger partial charge in [-0.2, -0.15) is 5.10 Å². The van der Waals surface area contributed by atoms with Crippen LogP contribution in [0, 0.1) is 5.82 Å². The number of carbonyl (C=O) groups excluding carboxylic acids is 1. The van der Waals surface area contributed by atoms with Crippen LogP contribution < -0.4 is 5.32 Å². The molecule has 1 fully saturated rings. The summed E-state index contributed by atoms with van der Waals surface area (Å²) in [6.45, 7) is 4.16. The van der Waals surface area contributed by atoms with Crippen molar-refractivity contribution in [1.29, 1.82) is 0 Å². The molecule has 1 aliphatic rings. The van der Waals surface area contributed by atoms with Crippen LogP contribution in [-0.4, -0.2) is 46.3 Å². The molecule has 2 aromatic rings. The summed E-state index contributed by atoms with van der Waals surface area (Å²) < 4.78 is 15.2. The smallest absolute Gasteiger partial charge is 0.275 e. The zero-order chi connectivity index (χ0) is 15.7. The van der Waals surface area contributed by atoms with E-state index < -0.39 is 0 Å². The van der Waals surface area contributed by atoms with Gasteiger partial charge in [0.25, 0.3) is 5.91 Å². The van der Waals surface area contributed by atoms with Gasteiger partial charge in [0.15, 0.2) is 5.69 Å². The largest absolute Gasteiger partial charge is 0.334 e. The number of nitrogens with zero attached hydrogens (tertiary/aromatic N) is 3. The Kier molecular flexibility index (Phi) is 4.26. The SMILES string of the molecule is C[C@H]1CN(C(=O)c2nn(-c3ccc(F)cc3)cc2Br)CCN1. The molecule has 1 saturated heterocycles. The number of aromatic nitrogens is 2. The van der Waals surface area contributed by atoms with Crippen LogP contribution in [0.3, 0.4) is 0 Å². The molecule has 0 saturated carbocycles. The number of hydrogen-bond acceptors (Lipinski definition) is 3. The predicted molar refractivity (Wildman–Crippen MR) is 84.6 cm³/mol. The van der Waals surface area contributed by atoms with Crippen LogP contribution in [0.1, 0.15) is 17.4 Å². The Morgan fingerprint density at radius 3 is 2.82 bits per heavy atom. The van der Waals surface area contributed by atoms with E-state index in [4.69, 9.17) is 0 Å². The van der Waals surface area contributed by atoms with Crippen molar-refractivity contribution in [2.75, 3.05) is 19.6 Å². The van der Waals surface area contributed by atoms with Crippen molar-refractivity contribution < 1.29 is 9.18 Å². The molecule has 116 valence electrons. The maximum Gasteiger partial charge on any atom is 0.275 e. The zero-order valence-corrected chi connectivity index (χ0v) is 13.7. The van der Waals surface area contributed by atoms with E-state index in [0.717, 1.165) is 6.54 Å². The van der Waals surface area contributed by atoms with Crippen LogP contribution in [0.5, 0.6) is 0 Å². The van der Waals surface area contributed by atoms with Crippen LogP contribution in [0.4, 0.5) is 4.39 Å². The molecule has 1 atom stereocenters. The Hall–Kier alpha value is -1.73. The Labute approximate surface area is 136 Å². The van der Waals surface area contributed by atoms with Gasteiger partial charge in [-0.05, 0) is 47.1 Å². The molecule has 1 aliphatic heterocycles. The van der Waals surface area contributed by atoms with Gasteiger partial charge in [-0.3, -0.25) is 4.79 Å². The molecule has 0 aliphatic carbocycles. The highest BCUT2D eigenvalue weighted by atomic mass is 79.9. The molecule has 2 heterocycles. The van der Waals surface area contributed by atoms with Crippen LogP contribution in [0.2, 0.25) is 0 Å². The second kappa shape index (κ2) is 6.18. The van der Waals surface area contributed by atoms with Crippen molar-refractivity contribution in [2.45, 2.75) is 13.0 Å². The third-order valence-electron chi connectivity index (χ3n) is 3.62. The molecule has 5 nitrogen and oxygen atoms in total. The van der Waals surface area contributed by atoms with E-state index in [2.05, 4.69) is 26.3 Å². The van der Waals surface area contributed by atoms with Crippen molar-refractivity contribution >= 4 is 21.8 Å². The van der Waals surface area contributed by atoms with E-state index in [1.54, 1.807) is 27.9 Å². The molecule has 3 rings (SSSR count). The van der Waals surface area contributed by atoms with Crippen LogP contribution >= 0.6 is 15.9 Å². The molecule has 7 heteroatoms. The number of hydrogen-bond donors (Lipinski definition) is 1. The third-order valence-corrected chi connectivity index (χ3v) is 4.20. The van der Waals surface area contributed by atoms with Crippen molar-refractivity contribution in [3.05, 3.63) is 46.4 Å². The first-order chi connectivity index (χ1) is 10.5. The quantitative estimate of drug-likeness (QED) is 0.886. The van der Waals surface area contributed by atoms with Gasteiger partial charge in [-0.1, -0.05) is 0 Å². The summed E-state index contributed by atoms with van der Waals surface area (Å²) in [5, 5.41) is 7.65. The van der Waals surface area contributed by atoms with Gasteiger partial charge in [-0.25, -0.2) is 9.07 Å². The van der Waals surface area contributed by atoms with Gasteiger partial charge in [0, 0.05) is 31.9 Å². The van der Waals surface area contributed by atoms with Gasteiger partial charge < -0.3 is 10.2 Å². The Morgan fingerprint density at radius 1 is 1.41 bits per heavy atom. The molecule has 0 radical (unpaired) electrons. The van der Waals surface area contributed by atoms with Gasteiger partial charge in [0.2, 0.25) is 0 Å². The molecular weight excluding hydrogens is 351 g/mol. The van der Waals surface area contributed by atoms with Crippen molar-refractivity contribution in [3.63, 3.8) is 0 Å². The number of halogens is 2. The van der Waals surface area contributed by atoms with Crippen molar-refractivity contribution in [2.24, 2.45) is 0 Å². The monoisotopic (exact) mass is 366 g/mol. The molecule has 0 unspecified atom stereocenters. The highest BCUT2D eigenvalue weighted by Crippen LogP contribution is 2.20. The minimum absolute atomic E-state index is 0.0962. The minimum atomic E-state index is -0.305. The average molecular weight is 367 g/mol. The first-order valence-electron chi connectivity index (χ1n) is 7.08. The second-order valence-electron chi connectivity index (χ2n) is 5.35. The molecule has 1 N–H and O–H groups in total. The van der Waals surface area contributed by atoms with Crippen LogP contribution in [0.25, 0.3) is 5.69 Å². The van der Waals surface area contributed by atoms with E-state index in [-0.39, 0.29) is 17.8 Å². The van der Waals surface area contributed by atoms with Gasteiger partial charge in [0.05, 0.1) is 10.2 Å². The first-order valence-corrected chi connectivity index (χ1v) is 7.87. The number of piperazine rings is 1. The van der Waals surface area contributed by atoms with E-state index in [1.165, 1.54) is 12.1 Å². The Bertz CT molecular complexity index is 685. The normalized spacial score (nSPS) is 18.5. The topological polar surface area (TPSA) is 50.2 Å². The standard InChI is InChI=1S/C15H16BrFN4O/c1-10-8-20(7-6-18-10)15(22)14-13(16)9-21(19-14)12-4-2-11(17)3-5-12/h2-5,9-10,18H,6-8H2,1H3/t10-/m0/s1. The fourth-order valence-electron chi connectivity index (χ4n) is 2.49. The fraction of sp³-hybridized carbons (Fsp3) is 0.333. The summed E-state index contributed by atoms with van der Waals surface area (Å²) in [6, 6.07) is 6.25. The average Bonchev–Trinajstić information content (AvgIpc) is 2.89. The second-order valence-corrected chi connectivity index (χ2v) is 6.21. The number of amides is 1. The fourth-order valence-corrected chi connectivity index (χ4v) is 2.93. The molecule has 0 spiro atoms. The summed E-state index contributed by atoms with van der Waals surface area (Å²) in [6.07, 6.45) is 1.71. The molecule has 1 aromatic carbocycles. The number of carbonyl (C=O) groups is 1. The number of nitrogens with one attached hydrogen (secondary N) is 1. The van der Waals surface area contributed by atoms with E-state index in [0.29, 0.717) is 28.9 Å². The highest BCUT2D eigenvalue weighted by Gasteiger charge is 2.25. The minimum Gasteiger partial charge on any atom is -0.334 e. The lowest BCUT2D eigenvalue weighted by molar-refractivity contribution is 0.0701. The highest BCUT2D eigenvalue weighted by molar-refractivity contribution is 9.10. The summed E-state index contributed by atoms with van der Waals surface area (Å²) in [5.41, 5.74) is 1.08. The predicted octanol–water partition coefficient (Wildman–Crippen LogP) is 2.21. The van der Waals surface area contributed by atoms with E-state index in [1.807, 2.05) is 6.92 Å². The zero-order valence-electron chi connectivity index (χ0n) is 12.1. The summed E-state index contributed by atoms with van der Waals surface area (Å²) in [4.78, 5) is 14.4. The maximum atomic E-state index is 13.0. The molecular formula is C15H16BrFN4O. The molecule has 22 heavy (non-hydrogen) atoms. The number of benzene rings is 1. The third kappa shape index (κ3) is 3.05. The van der Waals surface area contributed by atoms with Gasteiger partial charge in [-0.15, -0.1) is 0 Å². The van der Waals surface area contributed by atoms with Crippen LogP contribution in [0.15, 0.2) is 34.9 Å². The Balaban J connectivity index is 1.85. The number of rotatable bonds is 2. The van der Waals surface area contributed by atoms with Crippen molar-refractivity contribution in [1.82, 2.24) is 20.0 Å². The molecule has 1 aromatic heterocycles. The molecule has 1 amide bonds. The summed E-state index contributed by atoms with van der Waals surface area (Å²) >= 11 is 3.39. The first kappa shape index (κ1) is 15.2. The van der Waals surface area contributed by atoms with E-state index in [9.17, 15) is 9.18 Å². The maximum absolute atomic E-state index is 13.0. The van der Waals surface area contributed by atoms with Gasteiger partial charge in [0.1, 0.15) is 5.82 Å². The lowest BCUT2D eigenvalue weighted by Crippen LogP contribution is -2.51. The van der Waals surface area contributed by atoms with Gasteiger partial charge >= 0.3 is 0 Å². The summed E-state index contributed by atoms with van der Waals surface area (Å²) in [7, 11) is 0. The lowest BCUT2D eigenvalue weighted by atomic mass is 10.2. The lowest BCUT2D eigenvalue weighted by Gasteiger charge is -2.31. The van der Waals surface area contributed by atoms with Crippen LogP contribution in [-0.2, 0) is 0 Å². The molecule has 0 bridgehead atoms.